The van der Waals surface area contributed by atoms with Gasteiger partial charge in [-0.2, -0.15) is 0 Å². The molecule has 0 spiro atoms. The lowest BCUT2D eigenvalue weighted by atomic mass is 9.70. The first kappa shape index (κ1) is 17.1. The van der Waals surface area contributed by atoms with Crippen LogP contribution in [-0.4, -0.2) is 6.04 Å². The average Bonchev–Trinajstić information content (AvgIpc) is 2.32. The Morgan fingerprint density at radius 2 is 1.90 bits per heavy atom. The Bertz CT molecular complexity index is 372. The van der Waals surface area contributed by atoms with Crippen LogP contribution in [0.15, 0.2) is 17.3 Å². The number of azide groups is 1. The van der Waals surface area contributed by atoms with Crippen molar-refractivity contribution in [2.75, 3.05) is 0 Å². The van der Waals surface area contributed by atoms with Crippen molar-refractivity contribution in [3.8, 4) is 0 Å². The maximum absolute atomic E-state index is 8.74. The van der Waals surface area contributed by atoms with Gasteiger partial charge in [-0.25, -0.2) is 0 Å². The number of allylic oxidation sites excluding steroid dienone is 1. The molecule has 0 amide bonds. The molecular formula is C17H31N3. The van der Waals surface area contributed by atoms with Crippen molar-refractivity contribution in [2.24, 2.45) is 34.2 Å². The first-order valence-electron chi connectivity index (χ1n) is 7.98. The molecule has 1 fully saturated rings. The second-order valence-corrected chi connectivity index (χ2v) is 7.89. The molecule has 3 nitrogen and oxygen atoms in total. The molecule has 0 aromatic rings. The summed E-state index contributed by atoms with van der Waals surface area (Å²) in [6.07, 6.45) is 8.44. The Morgan fingerprint density at radius 1 is 1.25 bits per heavy atom. The standard InChI is InChI=1S/C17H31N3/c1-12(2)15-9-7-13(3)11-14(15)8-10-16(19-20-18)17(4,5)6/h8,10,12-16H,7,9,11H2,1-6H3/t13-,14-,15+,16-/m1/s1. The summed E-state index contributed by atoms with van der Waals surface area (Å²) < 4.78 is 0. The van der Waals surface area contributed by atoms with E-state index < -0.39 is 0 Å². The fraction of sp³-hybridized carbons (Fsp3) is 0.882. The van der Waals surface area contributed by atoms with Crippen LogP contribution in [0.1, 0.15) is 60.8 Å². The minimum absolute atomic E-state index is 0.0175. The molecule has 20 heavy (non-hydrogen) atoms. The molecule has 114 valence electrons. The second-order valence-electron chi connectivity index (χ2n) is 7.89. The van der Waals surface area contributed by atoms with E-state index in [-0.39, 0.29) is 11.5 Å². The monoisotopic (exact) mass is 277 g/mol. The van der Waals surface area contributed by atoms with Gasteiger partial charge in [-0.1, -0.05) is 65.2 Å². The number of rotatable bonds is 4. The van der Waals surface area contributed by atoms with Gasteiger partial charge in [-0.3, -0.25) is 0 Å². The van der Waals surface area contributed by atoms with Crippen molar-refractivity contribution in [3.63, 3.8) is 0 Å². The summed E-state index contributed by atoms with van der Waals surface area (Å²) >= 11 is 0. The zero-order chi connectivity index (χ0) is 15.3. The van der Waals surface area contributed by atoms with Gasteiger partial charge in [0.2, 0.25) is 0 Å². The first-order valence-corrected chi connectivity index (χ1v) is 7.98. The minimum atomic E-state index is -0.0578. The molecule has 0 heterocycles. The molecule has 0 saturated heterocycles. The molecule has 0 N–H and O–H groups in total. The Hall–Kier alpha value is -0.950. The van der Waals surface area contributed by atoms with Crippen molar-refractivity contribution in [1.82, 2.24) is 0 Å². The van der Waals surface area contributed by atoms with E-state index in [0.29, 0.717) is 5.92 Å². The lowest BCUT2D eigenvalue weighted by molar-refractivity contribution is 0.178. The summed E-state index contributed by atoms with van der Waals surface area (Å²) in [6.45, 7) is 13.4. The number of nitrogens with zero attached hydrogens (tertiary/aromatic N) is 3. The van der Waals surface area contributed by atoms with Crippen LogP contribution in [0.3, 0.4) is 0 Å². The Labute approximate surface area is 124 Å². The predicted octanol–water partition coefficient (Wildman–Crippen LogP) is 5.98. The zero-order valence-electron chi connectivity index (χ0n) is 14.0. The molecule has 0 aromatic carbocycles. The molecule has 1 rings (SSSR count). The van der Waals surface area contributed by atoms with Crippen LogP contribution in [0.4, 0.5) is 0 Å². The topological polar surface area (TPSA) is 48.8 Å². The summed E-state index contributed by atoms with van der Waals surface area (Å²) in [4.78, 5) is 3.01. The third kappa shape index (κ3) is 4.86. The summed E-state index contributed by atoms with van der Waals surface area (Å²) in [5.74, 6) is 2.95. The lowest BCUT2D eigenvalue weighted by Gasteiger charge is -2.36. The zero-order valence-corrected chi connectivity index (χ0v) is 14.0. The van der Waals surface area contributed by atoms with Gasteiger partial charge < -0.3 is 0 Å². The van der Waals surface area contributed by atoms with Gasteiger partial charge in [-0.15, -0.1) is 0 Å². The van der Waals surface area contributed by atoms with Crippen LogP contribution in [-0.2, 0) is 0 Å². The van der Waals surface area contributed by atoms with Crippen LogP contribution in [0.25, 0.3) is 10.4 Å². The summed E-state index contributed by atoms with van der Waals surface area (Å²) in [5, 5.41) is 3.96. The molecule has 1 aliphatic carbocycles. The molecule has 0 bridgehead atoms. The number of hydrogen-bond acceptors (Lipinski definition) is 1. The molecule has 0 aromatic heterocycles. The maximum atomic E-state index is 8.74. The summed E-state index contributed by atoms with van der Waals surface area (Å²) in [7, 11) is 0. The quantitative estimate of drug-likeness (QED) is 0.263. The summed E-state index contributed by atoms with van der Waals surface area (Å²) in [6, 6.07) is -0.0578. The SMILES string of the molecule is CC(C)[C@@H]1CC[C@@H](C)C[C@H]1C=C[C@@H](N=[N+]=[N-])C(C)(C)C. The predicted molar refractivity (Wildman–Crippen MR) is 86.4 cm³/mol. The highest BCUT2D eigenvalue weighted by molar-refractivity contribution is 5.04. The summed E-state index contributed by atoms with van der Waals surface area (Å²) in [5.41, 5.74) is 8.73. The average molecular weight is 277 g/mol. The lowest BCUT2D eigenvalue weighted by Crippen LogP contribution is -2.27. The molecular weight excluding hydrogens is 246 g/mol. The number of hydrogen-bond donors (Lipinski definition) is 0. The minimum Gasteiger partial charge on any atom is -0.0860 e. The van der Waals surface area contributed by atoms with E-state index in [0.717, 1.165) is 17.8 Å². The highest BCUT2D eigenvalue weighted by Gasteiger charge is 2.29. The van der Waals surface area contributed by atoms with Gasteiger partial charge in [0, 0.05) is 4.91 Å². The van der Waals surface area contributed by atoms with Gasteiger partial charge in [0.25, 0.3) is 0 Å². The fourth-order valence-corrected chi connectivity index (χ4v) is 3.30. The molecule has 0 unspecified atom stereocenters. The van der Waals surface area contributed by atoms with E-state index in [1.54, 1.807) is 0 Å². The highest BCUT2D eigenvalue weighted by atomic mass is 15.1. The molecule has 1 saturated carbocycles. The normalized spacial score (nSPS) is 29.4. The molecule has 4 atom stereocenters. The second kappa shape index (κ2) is 7.17. The van der Waals surface area contributed by atoms with Gasteiger partial charge in [-0.05, 0) is 47.5 Å². The van der Waals surface area contributed by atoms with Crippen LogP contribution in [0.2, 0.25) is 0 Å². The van der Waals surface area contributed by atoms with E-state index in [1.165, 1.54) is 19.3 Å². The molecule has 3 heteroatoms. The van der Waals surface area contributed by atoms with Crippen molar-refractivity contribution >= 4 is 0 Å². The van der Waals surface area contributed by atoms with Gasteiger partial charge in [0.05, 0.1) is 6.04 Å². The van der Waals surface area contributed by atoms with Crippen molar-refractivity contribution in [1.29, 1.82) is 0 Å². The van der Waals surface area contributed by atoms with E-state index in [2.05, 4.69) is 63.7 Å². The van der Waals surface area contributed by atoms with E-state index in [4.69, 9.17) is 5.53 Å². The van der Waals surface area contributed by atoms with Gasteiger partial charge in [0.15, 0.2) is 0 Å². The first-order chi connectivity index (χ1) is 9.25. The highest BCUT2D eigenvalue weighted by Crippen LogP contribution is 2.39. The van der Waals surface area contributed by atoms with Crippen molar-refractivity contribution in [3.05, 3.63) is 22.6 Å². The molecule has 0 aliphatic heterocycles. The Kier molecular flexibility index (Phi) is 6.13. The molecule has 0 radical (unpaired) electrons. The third-order valence-electron chi connectivity index (χ3n) is 4.68. The fourth-order valence-electron chi connectivity index (χ4n) is 3.30. The largest absolute Gasteiger partial charge is 0.0860 e. The van der Waals surface area contributed by atoms with Gasteiger partial charge in [0.1, 0.15) is 0 Å². The van der Waals surface area contributed by atoms with Crippen LogP contribution >= 0.6 is 0 Å². The van der Waals surface area contributed by atoms with E-state index in [1.807, 2.05) is 0 Å². The van der Waals surface area contributed by atoms with Crippen LogP contribution in [0, 0.1) is 29.1 Å². The van der Waals surface area contributed by atoms with Gasteiger partial charge >= 0.3 is 0 Å². The van der Waals surface area contributed by atoms with Crippen molar-refractivity contribution < 1.29 is 0 Å². The van der Waals surface area contributed by atoms with Crippen LogP contribution in [0.5, 0.6) is 0 Å². The van der Waals surface area contributed by atoms with E-state index >= 15 is 0 Å². The third-order valence-corrected chi connectivity index (χ3v) is 4.68. The molecule has 1 aliphatic rings. The Balaban J connectivity index is 2.85. The van der Waals surface area contributed by atoms with Crippen LogP contribution < -0.4 is 0 Å². The van der Waals surface area contributed by atoms with Crippen molar-refractivity contribution in [2.45, 2.75) is 66.8 Å². The van der Waals surface area contributed by atoms with E-state index in [9.17, 15) is 0 Å². The smallest absolute Gasteiger partial charge is 0.0603 e. The Morgan fingerprint density at radius 3 is 2.40 bits per heavy atom. The maximum Gasteiger partial charge on any atom is 0.0603 e.